The van der Waals surface area contributed by atoms with Crippen molar-refractivity contribution in [3.8, 4) is 0 Å². The minimum absolute atomic E-state index is 0.0193. The number of nitrogens with zero attached hydrogens (tertiary/aromatic N) is 3. The zero-order chi connectivity index (χ0) is 20.4. The van der Waals surface area contributed by atoms with Crippen molar-refractivity contribution in [2.24, 2.45) is 5.92 Å². The van der Waals surface area contributed by atoms with Crippen molar-refractivity contribution in [1.29, 1.82) is 0 Å². The van der Waals surface area contributed by atoms with Gasteiger partial charge in [-0.15, -0.1) is 0 Å². The van der Waals surface area contributed by atoms with Crippen LogP contribution < -0.4 is 0 Å². The molecule has 2 aliphatic heterocycles. The largest absolute Gasteiger partial charge is 0.334 e. The maximum absolute atomic E-state index is 13.9. The van der Waals surface area contributed by atoms with Crippen LogP contribution in [0.15, 0.2) is 48.8 Å². The van der Waals surface area contributed by atoms with Crippen molar-refractivity contribution in [1.82, 2.24) is 14.8 Å². The molecule has 0 unspecified atom stereocenters. The summed E-state index contributed by atoms with van der Waals surface area (Å²) in [7, 11) is 0. The van der Waals surface area contributed by atoms with E-state index in [4.69, 9.17) is 0 Å². The maximum atomic E-state index is 13.9. The van der Waals surface area contributed by atoms with E-state index in [0.717, 1.165) is 48.9 Å². The number of pyridine rings is 1. The van der Waals surface area contributed by atoms with Gasteiger partial charge >= 0.3 is 0 Å². The average Bonchev–Trinajstić information content (AvgIpc) is 3.10. The van der Waals surface area contributed by atoms with Crippen LogP contribution in [0.3, 0.4) is 0 Å². The smallest absolute Gasteiger partial charge is 0.255 e. The van der Waals surface area contributed by atoms with Gasteiger partial charge in [-0.2, -0.15) is 0 Å². The summed E-state index contributed by atoms with van der Waals surface area (Å²) in [5, 5.41) is 0. The molecule has 0 N–H and O–H groups in total. The van der Waals surface area contributed by atoms with Crippen LogP contribution in [0.5, 0.6) is 0 Å². The maximum Gasteiger partial charge on any atom is 0.255 e. The number of carbonyl (C=O) groups excluding carboxylic acids is 2. The highest BCUT2D eigenvalue weighted by atomic mass is 16.2. The molecule has 0 bridgehead atoms. The van der Waals surface area contributed by atoms with Crippen molar-refractivity contribution in [2.75, 3.05) is 6.54 Å². The van der Waals surface area contributed by atoms with Crippen molar-refractivity contribution in [2.45, 2.75) is 58.2 Å². The van der Waals surface area contributed by atoms with Gasteiger partial charge in [0.1, 0.15) is 6.04 Å². The van der Waals surface area contributed by atoms with Gasteiger partial charge in [0, 0.05) is 31.0 Å². The number of carbonyl (C=O) groups is 2. The van der Waals surface area contributed by atoms with Gasteiger partial charge in [0.15, 0.2) is 0 Å². The number of aromatic nitrogens is 1. The lowest BCUT2D eigenvalue weighted by atomic mass is 9.91. The fourth-order valence-corrected chi connectivity index (χ4v) is 4.69. The van der Waals surface area contributed by atoms with Crippen LogP contribution in [0.1, 0.15) is 67.1 Å². The second-order valence-corrected chi connectivity index (χ2v) is 8.25. The summed E-state index contributed by atoms with van der Waals surface area (Å²) in [6.07, 6.45) is 7.53. The number of rotatable bonds is 5. The summed E-state index contributed by atoms with van der Waals surface area (Å²) in [5.41, 5.74) is 2.83. The number of fused-ring (bicyclic) bond motifs is 1. The van der Waals surface area contributed by atoms with E-state index in [1.165, 1.54) is 0 Å². The molecule has 4 rings (SSSR count). The first kappa shape index (κ1) is 19.6. The fraction of sp³-hybridized carbons (Fsp3) is 0.458. The topological polar surface area (TPSA) is 53.5 Å². The molecule has 2 amide bonds. The Morgan fingerprint density at radius 2 is 2.03 bits per heavy atom. The lowest BCUT2D eigenvalue weighted by molar-refractivity contribution is -0.142. The lowest BCUT2D eigenvalue weighted by Gasteiger charge is -2.41. The molecule has 0 radical (unpaired) electrons. The second kappa shape index (κ2) is 8.36. The molecule has 0 saturated carbocycles. The number of benzene rings is 1. The monoisotopic (exact) mass is 391 g/mol. The Morgan fingerprint density at radius 3 is 2.76 bits per heavy atom. The number of likely N-dealkylation sites (tertiary alicyclic amines) is 1. The first-order valence-electron chi connectivity index (χ1n) is 10.7. The van der Waals surface area contributed by atoms with E-state index in [0.29, 0.717) is 6.54 Å². The van der Waals surface area contributed by atoms with E-state index in [-0.39, 0.29) is 23.8 Å². The molecule has 2 aliphatic rings. The van der Waals surface area contributed by atoms with Crippen LogP contribution in [0.25, 0.3) is 0 Å². The van der Waals surface area contributed by atoms with Gasteiger partial charge in [0.2, 0.25) is 5.91 Å². The molecule has 2 aromatic rings. The summed E-state index contributed by atoms with van der Waals surface area (Å²) in [5.74, 6) is 0.153. The molecule has 1 saturated heterocycles. The standard InChI is InChI=1S/C24H29N3O2/c1-3-17(2)22(27-16-19-9-4-5-11-20(19)23(27)28)24(29)26-14-7-6-12-21(26)18-10-8-13-25-15-18/h4-5,8-11,13,15,17,21-22H,3,6-7,12,14,16H2,1-2H3/t17-,21-,22-/m0/s1. The van der Waals surface area contributed by atoms with E-state index in [9.17, 15) is 9.59 Å². The Labute approximate surface area is 172 Å². The van der Waals surface area contributed by atoms with Crippen LogP contribution in [0.2, 0.25) is 0 Å². The van der Waals surface area contributed by atoms with Crippen molar-refractivity contribution in [3.05, 3.63) is 65.5 Å². The van der Waals surface area contributed by atoms with Crippen LogP contribution >= 0.6 is 0 Å². The fourth-order valence-electron chi connectivity index (χ4n) is 4.69. The Hall–Kier alpha value is -2.69. The van der Waals surface area contributed by atoms with Gasteiger partial charge in [0.25, 0.3) is 5.91 Å². The number of hydrogen-bond donors (Lipinski definition) is 0. The molecule has 1 aromatic carbocycles. The number of hydrogen-bond acceptors (Lipinski definition) is 3. The van der Waals surface area contributed by atoms with Crippen molar-refractivity contribution >= 4 is 11.8 Å². The second-order valence-electron chi connectivity index (χ2n) is 8.25. The first-order valence-corrected chi connectivity index (χ1v) is 10.7. The van der Waals surface area contributed by atoms with Crippen LogP contribution in [0, 0.1) is 5.92 Å². The van der Waals surface area contributed by atoms with Gasteiger partial charge in [-0.1, -0.05) is 44.5 Å². The molecular formula is C24H29N3O2. The van der Waals surface area contributed by atoms with E-state index >= 15 is 0 Å². The SMILES string of the molecule is CC[C@H](C)[C@@H](C(=O)N1CCCC[C@H]1c1cccnc1)N1Cc2ccccc2C1=O. The van der Waals surface area contributed by atoms with Gasteiger partial charge in [0.05, 0.1) is 6.04 Å². The van der Waals surface area contributed by atoms with Gasteiger partial charge in [-0.25, -0.2) is 0 Å². The first-order chi connectivity index (χ1) is 14.1. The van der Waals surface area contributed by atoms with Gasteiger partial charge in [-0.3, -0.25) is 14.6 Å². The van der Waals surface area contributed by atoms with E-state index in [1.54, 1.807) is 11.1 Å². The minimum Gasteiger partial charge on any atom is -0.334 e. The molecule has 0 spiro atoms. The third-order valence-corrected chi connectivity index (χ3v) is 6.48. The molecule has 3 heterocycles. The Bertz CT molecular complexity index is 883. The van der Waals surface area contributed by atoms with Gasteiger partial charge in [-0.05, 0) is 48.4 Å². The van der Waals surface area contributed by atoms with E-state index < -0.39 is 6.04 Å². The normalized spacial score (nSPS) is 21.0. The van der Waals surface area contributed by atoms with Gasteiger partial charge < -0.3 is 9.80 Å². The zero-order valence-corrected chi connectivity index (χ0v) is 17.3. The van der Waals surface area contributed by atoms with Crippen LogP contribution in [-0.4, -0.2) is 39.2 Å². The summed E-state index contributed by atoms with van der Waals surface area (Å²) in [6, 6.07) is 11.3. The third kappa shape index (κ3) is 3.66. The molecule has 1 fully saturated rings. The Morgan fingerprint density at radius 1 is 1.21 bits per heavy atom. The highest BCUT2D eigenvalue weighted by Crippen LogP contribution is 2.35. The highest BCUT2D eigenvalue weighted by molar-refractivity contribution is 6.01. The van der Waals surface area contributed by atoms with Crippen LogP contribution in [0.4, 0.5) is 0 Å². The molecule has 29 heavy (non-hydrogen) atoms. The molecule has 3 atom stereocenters. The summed E-state index contributed by atoms with van der Waals surface area (Å²) >= 11 is 0. The van der Waals surface area contributed by atoms with E-state index in [2.05, 4.69) is 24.9 Å². The highest BCUT2D eigenvalue weighted by Gasteiger charge is 2.42. The Balaban J connectivity index is 1.65. The van der Waals surface area contributed by atoms with E-state index in [1.807, 2.05) is 41.4 Å². The number of amides is 2. The molecule has 0 aliphatic carbocycles. The minimum atomic E-state index is -0.433. The van der Waals surface area contributed by atoms with Crippen LogP contribution in [-0.2, 0) is 11.3 Å². The molecule has 5 nitrogen and oxygen atoms in total. The third-order valence-electron chi connectivity index (χ3n) is 6.48. The molecule has 5 heteroatoms. The summed E-state index contributed by atoms with van der Waals surface area (Å²) in [4.78, 5) is 35.1. The predicted molar refractivity (Wildman–Crippen MR) is 112 cm³/mol. The zero-order valence-electron chi connectivity index (χ0n) is 17.3. The molecule has 1 aromatic heterocycles. The lowest BCUT2D eigenvalue weighted by Crippen LogP contribution is -2.53. The average molecular weight is 392 g/mol. The van der Waals surface area contributed by atoms with Crippen molar-refractivity contribution in [3.63, 3.8) is 0 Å². The summed E-state index contributed by atoms with van der Waals surface area (Å²) in [6.45, 7) is 5.43. The molecule has 152 valence electrons. The van der Waals surface area contributed by atoms with Crippen molar-refractivity contribution < 1.29 is 9.59 Å². The molecular weight excluding hydrogens is 362 g/mol. The number of piperidine rings is 1. The quantitative estimate of drug-likeness (QED) is 0.767. The summed E-state index contributed by atoms with van der Waals surface area (Å²) < 4.78 is 0. The Kier molecular flexibility index (Phi) is 5.65. The predicted octanol–water partition coefficient (Wildman–Crippen LogP) is 4.21.